The van der Waals surface area contributed by atoms with Gasteiger partial charge >= 0.3 is 5.97 Å². The van der Waals surface area contributed by atoms with E-state index in [4.69, 9.17) is 19.9 Å². The number of nitrogen functional groups attached to an aromatic ring is 1. The van der Waals surface area contributed by atoms with Crippen LogP contribution >= 0.6 is 0 Å². The molecule has 0 fully saturated rings. The number of anilines is 1. The minimum Gasteiger partial charge on any atom is -0.492 e. The molecule has 0 saturated heterocycles. The first-order valence-corrected chi connectivity index (χ1v) is 18.6. The Hall–Kier alpha value is -5.16. The molecular weight excluding hydrogens is 665 g/mol. The fourth-order valence-corrected chi connectivity index (χ4v) is 6.97. The Bertz CT molecular complexity index is 2030. The molecule has 0 bridgehead atoms. The Labute approximate surface area is 299 Å². The number of benzene rings is 5. The van der Waals surface area contributed by atoms with Gasteiger partial charge in [0.15, 0.2) is 9.84 Å². The zero-order valence-electron chi connectivity index (χ0n) is 29.3. The first-order chi connectivity index (χ1) is 24.4. The summed E-state index contributed by atoms with van der Waals surface area (Å²) in [6, 6.07) is 33.0. The summed E-state index contributed by atoms with van der Waals surface area (Å²) in [5.41, 5.74) is 13.0. The number of hydrogen-bond acceptors (Lipinski definition) is 9. The fourth-order valence-electron chi connectivity index (χ4n) is 5.96. The average Bonchev–Trinajstić information content (AvgIpc) is 3.11. The van der Waals surface area contributed by atoms with E-state index in [-0.39, 0.29) is 35.5 Å². The van der Waals surface area contributed by atoms with E-state index >= 15 is 0 Å². The van der Waals surface area contributed by atoms with Gasteiger partial charge in [0.2, 0.25) is 0 Å². The number of esters is 1. The van der Waals surface area contributed by atoms with E-state index in [2.05, 4.69) is 5.32 Å². The van der Waals surface area contributed by atoms with Crippen molar-refractivity contribution in [3.8, 4) is 22.6 Å². The van der Waals surface area contributed by atoms with Gasteiger partial charge in [-0.25, -0.2) is 13.2 Å². The molecule has 0 aromatic heterocycles. The van der Waals surface area contributed by atoms with Gasteiger partial charge in [0.25, 0.3) is 0 Å². The molecule has 0 radical (unpaired) electrons. The average molecular weight is 709 g/mol. The van der Waals surface area contributed by atoms with Gasteiger partial charge in [0, 0.05) is 24.4 Å². The second kappa shape index (κ2) is 16.7. The summed E-state index contributed by atoms with van der Waals surface area (Å²) in [6.45, 7) is 6.95. The number of aryl methyl sites for hydroxylation is 2. The molecule has 10 heteroatoms. The molecular formula is C41H44N2O7S. The standard InChI is InChI=1S/C41H44N2O7S/c1-27-23-34(24-28(2)37(27)32-15-17-33(18-16-32)41(45)50-26-31-13-9-6-10-14-31)48-22-21-43-29(3)39(44)35-19-20-36(40(38(35)42)51(4,46)47)49-25-30-11-7-5-8-12-30/h5-20,23-24,29,39,43-44H,21-22,25-26,42H2,1-4H3/t29-,39-/m0/s1. The second-order valence-corrected chi connectivity index (χ2v) is 14.5. The van der Waals surface area contributed by atoms with Gasteiger partial charge in [0.05, 0.1) is 17.4 Å². The van der Waals surface area contributed by atoms with Crippen LogP contribution in [0.1, 0.15) is 51.2 Å². The number of nitrogens with one attached hydrogen (secondary N) is 1. The molecule has 0 spiro atoms. The van der Waals surface area contributed by atoms with Gasteiger partial charge in [-0.1, -0.05) is 78.9 Å². The quantitative estimate of drug-likeness (QED) is 0.0598. The predicted octanol–water partition coefficient (Wildman–Crippen LogP) is 6.98. The number of aliphatic hydroxyl groups excluding tert-OH is 1. The Morgan fingerprint density at radius 2 is 1.41 bits per heavy atom. The van der Waals surface area contributed by atoms with Gasteiger partial charge in [0.1, 0.15) is 36.2 Å². The highest BCUT2D eigenvalue weighted by atomic mass is 32.2. The first-order valence-electron chi connectivity index (χ1n) is 16.7. The van der Waals surface area contributed by atoms with Crippen LogP contribution < -0.4 is 20.5 Å². The molecule has 0 aliphatic carbocycles. The van der Waals surface area contributed by atoms with Crippen LogP contribution in [-0.4, -0.2) is 44.9 Å². The molecule has 0 unspecified atom stereocenters. The molecule has 0 amide bonds. The van der Waals surface area contributed by atoms with Crippen molar-refractivity contribution >= 4 is 21.5 Å². The van der Waals surface area contributed by atoms with Crippen molar-refractivity contribution in [3.63, 3.8) is 0 Å². The summed E-state index contributed by atoms with van der Waals surface area (Å²) >= 11 is 0. The lowest BCUT2D eigenvalue weighted by Gasteiger charge is -2.24. The maximum Gasteiger partial charge on any atom is 0.338 e. The lowest BCUT2D eigenvalue weighted by atomic mass is 9.95. The van der Waals surface area contributed by atoms with Crippen molar-refractivity contribution in [2.45, 2.75) is 51.0 Å². The highest BCUT2D eigenvalue weighted by Crippen LogP contribution is 2.37. The van der Waals surface area contributed by atoms with Gasteiger partial charge in [-0.15, -0.1) is 0 Å². The van der Waals surface area contributed by atoms with Crippen LogP contribution in [0.2, 0.25) is 0 Å². The van der Waals surface area contributed by atoms with Crippen LogP contribution in [-0.2, 0) is 27.8 Å². The lowest BCUT2D eigenvalue weighted by Crippen LogP contribution is -2.35. The SMILES string of the molecule is Cc1cc(OCCN[C@@H](C)[C@H](O)c2ccc(OCc3ccccc3)c(S(C)(=O)=O)c2N)cc(C)c1-c1ccc(C(=O)OCc2ccccc2)cc1. The number of carbonyl (C=O) groups is 1. The van der Waals surface area contributed by atoms with Crippen LogP contribution in [0.25, 0.3) is 11.1 Å². The third-order valence-corrected chi connectivity index (χ3v) is 9.72. The number of carbonyl (C=O) groups excluding carboxylic acids is 1. The number of rotatable bonds is 15. The van der Waals surface area contributed by atoms with Crippen molar-refractivity contribution in [2.24, 2.45) is 0 Å². The second-order valence-electron chi connectivity index (χ2n) is 12.5. The van der Waals surface area contributed by atoms with Crippen molar-refractivity contribution in [3.05, 3.63) is 143 Å². The van der Waals surface area contributed by atoms with E-state index in [1.54, 1.807) is 25.1 Å². The summed E-state index contributed by atoms with van der Waals surface area (Å²) in [6.07, 6.45) is -0.0173. The molecule has 4 N–H and O–H groups in total. The maximum absolute atomic E-state index is 12.7. The molecule has 266 valence electrons. The summed E-state index contributed by atoms with van der Waals surface area (Å²) in [7, 11) is -3.77. The fraction of sp³-hybridized carbons (Fsp3) is 0.244. The van der Waals surface area contributed by atoms with Crippen LogP contribution in [0, 0.1) is 13.8 Å². The minimum atomic E-state index is -3.77. The number of aliphatic hydroxyl groups is 1. The molecule has 5 rings (SSSR count). The van der Waals surface area contributed by atoms with Crippen LogP contribution in [0.5, 0.6) is 11.5 Å². The van der Waals surface area contributed by atoms with Gasteiger partial charge < -0.3 is 30.4 Å². The summed E-state index contributed by atoms with van der Waals surface area (Å²) in [5, 5.41) is 14.4. The Balaban J connectivity index is 1.16. The number of nitrogens with two attached hydrogens (primary N) is 1. The monoisotopic (exact) mass is 708 g/mol. The number of hydrogen-bond donors (Lipinski definition) is 3. The topological polar surface area (TPSA) is 137 Å². The Morgan fingerprint density at radius 3 is 2.00 bits per heavy atom. The molecule has 2 atom stereocenters. The highest BCUT2D eigenvalue weighted by molar-refractivity contribution is 7.91. The van der Waals surface area contributed by atoms with Crippen molar-refractivity contribution in [2.75, 3.05) is 25.1 Å². The van der Waals surface area contributed by atoms with E-state index < -0.39 is 22.0 Å². The van der Waals surface area contributed by atoms with E-state index in [1.807, 2.05) is 98.8 Å². The first kappa shape index (κ1) is 37.1. The third kappa shape index (κ3) is 9.55. The lowest BCUT2D eigenvalue weighted by molar-refractivity contribution is 0.0472. The van der Waals surface area contributed by atoms with E-state index in [0.29, 0.717) is 30.0 Å². The Morgan fingerprint density at radius 1 is 0.824 bits per heavy atom. The molecule has 0 aliphatic heterocycles. The van der Waals surface area contributed by atoms with E-state index in [1.165, 1.54) is 6.07 Å². The van der Waals surface area contributed by atoms with Crippen LogP contribution in [0.15, 0.2) is 114 Å². The maximum atomic E-state index is 12.7. The summed E-state index contributed by atoms with van der Waals surface area (Å²) in [4.78, 5) is 12.4. The van der Waals surface area contributed by atoms with Gasteiger partial charge in [-0.2, -0.15) is 0 Å². The van der Waals surface area contributed by atoms with Crippen molar-refractivity contribution in [1.82, 2.24) is 5.32 Å². The van der Waals surface area contributed by atoms with Crippen molar-refractivity contribution < 1.29 is 32.5 Å². The minimum absolute atomic E-state index is 0.0378. The van der Waals surface area contributed by atoms with Gasteiger partial charge in [-0.05, 0) is 84.5 Å². The normalized spacial score (nSPS) is 12.6. The molecule has 9 nitrogen and oxygen atoms in total. The predicted molar refractivity (Wildman–Crippen MR) is 200 cm³/mol. The smallest absolute Gasteiger partial charge is 0.338 e. The molecule has 5 aromatic carbocycles. The molecule has 0 heterocycles. The van der Waals surface area contributed by atoms with E-state index in [0.717, 1.165) is 39.6 Å². The number of sulfone groups is 1. The Kier molecular flexibility index (Phi) is 12.1. The van der Waals surface area contributed by atoms with Crippen LogP contribution in [0.3, 0.4) is 0 Å². The largest absolute Gasteiger partial charge is 0.492 e. The highest BCUT2D eigenvalue weighted by Gasteiger charge is 2.26. The van der Waals surface area contributed by atoms with Crippen LogP contribution in [0.4, 0.5) is 5.69 Å². The zero-order valence-corrected chi connectivity index (χ0v) is 30.1. The molecule has 0 aliphatic rings. The third-order valence-electron chi connectivity index (χ3n) is 8.56. The van der Waals surface area contributed by atoms with Crippen molar-refractivity contribution in [1.29, 1.82) is 0 Å². The molecule has 5 aromatic rings. The number of ether oxygens (including phenoxy) is 3. The summed E-state index contributed by atoms with van der Waals surface area (Å²) in [5.74, 6) is 0.469. The molecule has 51 heavy (non-hydrogen) atoms. The van der Waals surface area contributed by atoms with E-state index in [9.17, 15) is 18.3 Å². The summed E-state index contributed by atoms with van der Waals surface area (Å²) < 4.78 is 42.8. The van der Waals surface area contributed by atoms with Gasteiger partial charge in [-0.3, -0.25) is 0 Å². The zero-order chi connectivity index (χ0) is 36.5. The molecule has 0 saturated carbocycles.